The molecular weight excluding hydrogens is 369 g/mol. The first-order valence-electron chi connectivity index (χ1n) is 8.91. The number of nitrogens with two attached hydrogens (primary N) is 1. The molecule has 0 aliphatic heterocycles. The van der Waals surface area contributed by atoms with E-state index in [4.69, 9.17) is 10.7 Å². The third kappa shape index (κ3) is 3.80. The Labute approximate surface area is 166 Å². The maximum absolute atomic E-state index is 13.7. The lowest BCUT2D eigenvalue weighted by atomic mass is 10.0. The molecule has 8 heteroatoms. The minimum atomic E-state index is -0.314. The summed E-state index contributed by atoms with van der Waals surface area (Å²) in [5.74, 6) is 0.193. The molecule has 0 bridgehead atoms. The van der Waals surface area contributed by atoms with Crippen molar-refractivity contribution in [1.82, 2.24) is 19.9 Å². The molecule has 0 amide bonds. The quantitative estimate of drug-likeness (QED) is 0.542. The SMILES string of the molecule is N#Cc1c(N)ncnc1NCCc1nc2ccc(F)cc2cc1-c1ccccn1. The number of nitrogen functional groups attached to an aromatic ring is 1. The Morgan fingerprint density at radius 1 is 1.10 bits per heavy atom. The van der Waals surface area contributed by atoms with Crippen LogP contribution >= 0.6 is 0 Å². The van der Waals surface area contributed by atoms with E-state index in [1.807, 2.05) is 30.3 Å². The van der Waals surface area contributed by atoms with Crippen molar-refractivity contribution in [3.8, 4) is 17.3 Å². The molecule has 3 N–H and O–H groups in total. The minimum Gasteiger partial charge on any atom is -0.382 e. The summed E-state index contributed by atoms with van der Waals surface area (Å²) in [4.78, 5) is 17.0. The van der Waals surface area contributed by atoms with Crippen LogP contribution in [0, 0.1) is 17.1 Å². The molecule has 0 fully saturated rings. The van der Waals surface area contributed by atoms with Gasteiger partial charge in [0, 0.05) is 30.1 Å². The van der Waals surface area contributed by atoms with E-state index < -0.39 is 0 Å². The van der Waals surface area contributed by atoms with Crippen LogP contribution < -0.4 is 11.1 Å². The summed E-state index contributed by atoms with van der Waals surface area (Å²) < 4.78 is 13.7. The van der Waals surface area contributed by atoms with Gasteiger partial charge in [0.2, 0.25) is 0 Å². The molecule has 29 heavy (non-hydrogen) atoms. The fourth-order valence-electron chi connectivity index (χ4n) is 3.06. The molecule has 3 aromatic heterocycles. The maximum Gasteiger partial charge on any atom is 0.149 e. The largest absolute Gasteiger partial charge is 0.382 e. The maximum atomic E-state index is 13.7. The Balaban J connectivity index is 1.67. The summed E-state index contributed by atoms with van der Waals surface area (Å²) in [5, 5.41) is 13.1. The predicted octanol–water partition coefficient (Wildman–Crippen LogP) is 3.33. The molecule has 4 aromatic rings. The molecule has 4 rings (SSSR count). The van der Waals surface area contributed by atoms with E-state index in [9.17, 15) is 9.65 Å². The zero-order valence-electron chi connectivity index (χ0n) is 15.3. The van der Waals surface area contributed by atoms with Crippen molar-refractivity contribution in [3.63, 3.8) is 0 Å². The summed E-state index contributed by atoms with van der Waals surface area (Å²) in [6.07, 6.45) is 3.55. The molecule has 0 aliphatic carbocycles. The van der Waals surface area contributed by atoms with E-state index in [0.717, 1.165) is 17.0 Å². The van der Waals surface area contributed by atoms with Crippen molar-refractivity contribution in [1.29, 1.82) is 5.26 Å². The topological polar surface area (TPSA) is 113 Å². The fraction of sp³-hybridized carbons (Fsp3) is 0.0952. The standard InChI is InChI=1S/C21H16FN7/c22-14-4-5-17-13(9-14)10-15(18-3-1-2-7-25-18)19(29-17)6-8-26-21-16(11-23)20(24)27-12-28-21/h1-5,7,9-10,12H,6,8H2,(H3,24,26,27,28). The van der Waals surface area contributed by atoms with Crippen LogP contribution in [0.2, 0.25) is 0 Å². The van der Waals surface area contributed by atoms with Crippen LogP contribution in [0.1, 0.15) is 11.3 Å². The molecule has 1 aromatic carbocycles. The Hall–Kier alpha value is -4.12. The number of anilines is 2. The molecule has 7 nitrogen and oxygen atoms in total. The number of fused-ring (bicyclic) bond motifs is 1. The van der Waals surface area contributed by atoms with Gasteiger partial charge in [-0.25, -0.2) is 14.4 Å². The molecule has 0 saturated carbocycles. The number of nitriles is 1. The zero-order valence-corrected chi connectivity index (χ0v) is 15.3. The third-order valence-electron chi connectivity index (χ3n) is 4.44. The molecular formula is C21H16FN7. The lowest BCUT2D eigenvalue weighted by Crippen LogP contribution is -2.11. The molecule has 142 valence electrons. The number of halogens is 1. The summed E-state index contributed by atoms with van der Waals surface area (Å²) in [6.45, 7) is 0.463. The van der Waals surface area contributed by atoms with Gasteiger partial charge < -0.3 is 11.1 Å². The first kappa shape index (κ1) is 18.3. The summed E-state index contributed by atoms with van der Waals surface area (Å²) in [5.41, 5.74) is 9.01. The van der Waals surface area contributed by atoms with E-state index in [1.54, 1.807) is 12.3 Å². The lowest BCUT2D eigenvalue weighted by molar-refractivity contribution is 0.629. The number of hydrogen-bond acceptors (Lipinski definition) is 7. The summed E-state index contributed by atoms with van der Waals surface area (Å²) in [6, 6.07) is 14.0. The number of pyridine rings is 2. The van der Waals surface area contributed by atoms with Crippen LogP contribution in [0.3, 0.4) is 0 Å². The summed E-state index contributed by atoms with van der Waals surface area (Å²) >= 11 is 0. The normalized spacial score (nSPS) is 10.6. The van der Waals surface area contributed by atoms with Crippen LogP contribution in [-0.2, 0) is 6.42 Å². The third-order valence-corrected chi connectivity index (χ3v) is 4.44. The zero-order chi connectivity index (χ0) is 20.2. The van der Waals surface area contributed by atoms with Gasteiger partial charge in [0.25, 0.3) is 0 Å². The molecule has 0 unspecified atom stereocenters. The van der Waals surface area contributed by atoms with Crippen LogP contribution in [0.25, 0.3) is 22.2 Å². The van der Waals surface area contributed by atoms with Crippen LogP contribution in [0.5, 0.6) is 0 Å². The predicted molar refractivity (Wildman–Crippen MR) is 108 cm³/mol. The van der Waals surface area contributed by atoms with Gasteiger partial charge in [0.1, 0.15) is 35.4 Å². The van der Waals surface area contributed by atoms with Crippen LogP contribution in [0.15, 0.2) is 55.0 Å². The fourth-order valence-corrected chi connectivity index (χ4v) is 3.06. The van der Waals surface area contributed by atoms with Gasteiger partial charge in [-0.2, -0.15) is 5.26 Å². The molecule has 3 heterocycles. The molecule has 0 aliphatic rings. The van der Waals surface area contributed by atoms with Gasteiger partial charge in [-0.05, 0) is 36.4 Å². The molecule has 0 spiro atoms. The monoisotopic (exact) mass is 385 g/mol. The van der Waals surface area contributed by atoms with E-state index in [0.29, 0.717) is 29.7 Å². The average molecular weight is 385 g/mol. The Kier molecular flexibility index (Phi) is 4.95. The number of aromatic nitrogens is 4. The van der Waals surface area contributed by atoms with Crippen molar-refractivity contribution in [3.05, 3.63) is 72.1 Å². The van der Waals surface area contributed by atoms with Gasteiger partial charge in [-0.1, -0.05) is 6.07 Å². The van der Waals surface area contributed by atoms with Gasteiger partial charge in [-0.3, -0.25) is 9.97 Å². The number of nitrogens with zero attached hydrogens (tertiary/aromatic N) is 5. The van der Waals surface area contributed by atoms with Crippen LogP contribution in [-0.4, -0.2) is 26.5 Å². The van der Waals surface area contributed by atoms with Gasteiger partial charge in [0.05, 0.1) is 16.9 Å². The van der Waals surface area contributed by atoms with E-state index in [-0.39, 0.29) is 17.2 Å². The summed E-state index contributed by atoms with van der Waals surface area (Å²) in [7, 11) is 0. The van der Waals surface area contributed by atoms with Crippen LogP contribution in [0.4, 0.5) is 16.0 Å². The first-order chi connectivity index (χ1) is 14.2. The van der Waals surface area contributed by atoms with Crippen molar-refractivity contribution in [2.75, 3.05) is 17.6 Å². The highest BCUT2D eigenvalue weighted by atomic mass is 19.1. The van der Waals surface area contributed by atoms with E-state index in [1.165, 1.54) is 18.5 Å². The van der Waals surface area contributed by atoms with Crippen molar-refractivity contribution >= 4 is 22.5 Å². The smallest absolute Gasteiger partial charge is 0.149 e. The Bertz CT molecular complexity index is 1220. The molecule has 0 saturated heterocycles. The van der Waals surface area contributed by atoms with E-state index >= 15 is 0 Å². The van der Waals surface area contributed by atoms with Crippen molar-refractivity contribution in [2.24, 2.45) is 0 Å². The van der Waals surface area contributed by atoms with Gasteiger partial charge in [0.15, 0.2) is 0 Å². The van der Waals surface area contributed by atoms with Crippen molar-refractivity contribution < 1.29 is 4.39 Å². The van der Waals surface area contributed by atoms with Gasteiger partial charge in [-0.15, -0.1) is 0 Å². The Morgan fingerprint density at radius 2 is 2.00 bits per heavy atom. The second-order valence-corrected chi connectivity index (χ2v) is 6.31. The molecule has 0 radical (unpaired) electrons. The Morgan fingerprint density at radius 3 is 2.79 bits per heavy atom. The number of hydrogen-bond donors (Lipinski definition) is 2. The number of nitrogens with one attached hydrogen (secondary N) is 1. The highest BCUT2D eigenvalue weighted by molar-refractivity contribution is 5.84. The first-order valence-corrected chi connectivity index (χ1v) is 8.91. The number of rotatable bonds is 5. The van der Waals surface area contributed by atoms with Gasteiger partial charge >= 0.3 is 0 Å². The second-order valence-electron chi connectivity index (χ2n) is 6.31. The van der Waals surface area contributed by atoms with E-state index in [2.05, 4.69) is 20.3 Å². The highest BCUT2D eigenvalue weighted by Crippen LogP contribution is 2.26. The van der Waals surface area contributed by atoms with Crippen molar-refractivity contribution in [2.45, 2.75) is 6.42 Å². The lowest BCUT2D eigenvalue weighted by Gasteiger charge is -2.12. The highest BCUT2D eigenvalue weighted by Gasteiger charge is 2.12. The minimum absolute atomic E-state index is 0.130. The average Bonchev–Trinajstić information content (AvgIpc) is 2.74. The molecule has 0 atom stereocenters. The number of benzene rings is 1. The second kappa shape index (κ2) is 7.86.